The maximum Gasteiger partial charge on any atom is 0.240 e. The lowest BCUT2D eigenvalue weighted by atomic mass is 10.1. The number of carbonyl (C=O) groups is 2. The molecule has 2 amide bonds. The first kappa shape index (κ1) is 22.6. The zero-order chi connectivity index (χ0) is 22.4. The minimum absolute atomic E-state index is 0.128. The van der Waals surface area contributed by atoms with Crippen molar-refractivity contribution in [1.29, 1.82) is 0 Å². The third-order valence-electron chi connectivity index (χ3n) is 4.71. The molecule has 0 bridgehead atoms. The number of carbonyl (C=O) groups excluding carboxylic acids is 2. The topological polar surface area (TPSA) is 82.9 Å². The highest BCUT2D eigenvalue weighted by atomic mass is 16.2. The largest absolute Gasteiger partial charge is 0.273 e. The monoisotopic (exact) mass is 426 g/mol. The number of hydrogen-bond acceptors (Lipinski definition) is 4. The summed E-state index contributed by atoms with van der Waals surface area (Å²) in [6, 6.07) is 27.2. The molecule has 0 fully saturated rings. The van der Waals surface area contributed by atoms with E-state index < -0.39 is 0 Å². The third-order valence-corrected chi connectivity index (χ3v) is 4.71. The minimum atomic E-state index is -0.128. The quantitative estimate of drug-likeness (QED) is 0.381. The van der Waals surface area contributed by atoms with Crippen LogP contribution in [0.25, 0.3) is 0 Å². The van der Waals surface area contributed by atoms with Gasteiger partial charge in [0.05, 0.1) is 12.4 Å². The molecule has 6 nitrogen and oxygen atoms in total. The number of benzene rings is 3. The van der Waals surface area contributed by atoms with Crippen LogP contribution in [-0.2, 0) is 22.4 Å². The zero-order valence-electron chi connectivity index (χ0n) is 17.8. The van der Waals surface area contributed by atoms with Crippen LogP contribution in [0.15, 0.2) is 95.1 Å². The maximum absolute atomic E-state index is 11.9. The summed E-state index contributed by atoms with van der Waals surface area (Å²) in [6.45, 7) is 0. The molecule has 32 heavy (non-hydrogen) atoms. The van der Waals surface area contributed by atoms with Crippen molar-refractivity contribution in [3.8, 4) is 0 Å². The van der Waals surface area contributed by atoms with Gasteiger partial charge in [-0.3, -0.25) is 9.59 Å². The summed E-state index contributed by atoms with van der Waals surface area (Å²) in [4.78, 5) is 23.8. The van der Waals surface area contributed by atoms with Crippen molar-refractivity contribution in [3.63, 3.8) is 0 Å². The van der Waals surface area contributed by atoms with Crippen LogP contribution < -0.4 is 10.9 Å². The number of rotatable bonds is 10. The summed E-state index contributed by atoms with van der Waals surface area (Å²) in [6.07, 6.45) is 5.30. The van der Waals surface area contributed by atoms with E-state index in [0.29, 0.717) is 25.7 Å². The van der Waals surface area contributed by atoms with Crippen LogP contribution in [0.1, 0.15) is 35.1 Å². The molecule has 0 heterocycles. The molecular weight excluding hydrogens is 400 g/mol. The van der Waals surface area contributed by atoms with Gasteiger partial charge in [-0.15, -0.1) is 0 Å². The van der Waals surface area contributed by atoms with Crippen LogP contribution in [-0.4, -0.2) is 24.2 Å². The van der Waals surface area contributed by atoms with Gasteiger partial charge in [0.15, 0.2) is 0 Å². The van der Waals surface area contributed by atoms with Crippen LogP contribution in [0.3, 0.4) is 0 Å². The van der Waals surface area contributed by atoms with Gasteiger partial charge in [0.2, 0.25) is 11.8 Å². The molecule has 162 valence electrons. The highest BCUT2D eigenvalue weighted by Gasteiger charge is 2.01. The summed E-state index contributed by atoms with van der Waals surface area (Å²) >= 11 is 0. The highest BCUT2D eigenvalue weighted by Crippen LogP contribution is 2.04. The second kappa shape index (κ2) is 12.6. The van der Waals surface area contributed by atoms with Crippen molar-refractivity contribution >= 4 is 24.2 Å². The van der Waals surface area contributed by atoms with E-state index in [1.807, 2.05) is 84.9 Å². The van der Waals surface area contributed by atoms with Gasteiger partial charge in [-0.05, 0) is 35.1 Å². The molecule has 0 unspecified atom stereocenters. The van der Waals surface area contributed by atoms with Crippen LogP contribution in [0.2, 0.25) is 0 Å². The van der Waals surface area contributed by atoms with Gasteiger partial charge < -0.3 is 0 Å². The molecule has 0 radical (unpaired) electrons. The normalized spacial score (nSPS) is 11.0. The fraction of sp³-hybridized carbons (Fsp3) is 0.154. The molecule has 3 aromatic rings. The lowest BCUT2D eigenvalue weighted by Crippen LogP contribution is -2.18. The van der Waals surface area contributed by atoms with E-state index in [2.05, 4.69) is 21.1 Å². The van der Waals surface area contributed by atoms with E-state index in [0.717, 1.165) is 22.3 Å². The van der Waals surface area contributed by atoms with E-state index in [1.165, 1.54) is 0 Å². The Bertz CT molecular complexity index is 960. The summed E-state index contributed by atoms with van der Waals surface area (Å²) in [5.74, 6) is -0.256. The molecule has 0 spiro atoms. The number of hydrogen-bond donors (Lipinski definition) is 2. The Balaban J connectivity index is 1.36. The molecule has 0 atom stereocenters. The van der Waals surface area contributed by atoms with Crippen LogP contribution >= 0.6 is 0 Å². The average Bonchev–Trinajstić information content (AvgIpc) is 2.84. The van der Waals surface area contributed by atoms with Crippen LogP contribution in [0, 0.1) is 0 Å². The van der Waals surface area contributed by atoms with Gasteiger partial charge >= 0.3 is 0 Å². The number of hydrazone groups is 2. The maximum atomic E-state index is 11.9. The number of nitrogens with zero attached hydrogens (tertiary/aromatic N) is 2. The first-order chi connectivity index (χ1) is 15.7. The van der Waals surface area contributed by atoms with Gasteiger partial charge in [-0.1, -0.05) is 84.9 Å². The van der Waals surface area contributed by atoms with Crippen LogP contribution in [0.5, 0.6) is 0 Å². The number of nitrogens with one attached hydrogen (secondary N) is 2. The van der Waals surface area contributed by atoms with E-state index in [9.17, 15) is 9.59 Å². The Morgan fingerprint density at radius 3 is 1.34 bits per heavy atom. The summed E-state index contributed by atoms with van der Waals surface area (Å²) in [5.41, 5.74) is 9.02. The van der Waals surface area contributed by atoms with Crippen molar-refractivity contribution in [1.82, 2.24) is 10.9 Å². The number of aryl methyl sites for hydroxylation is 2. The predicted octanol–water partition coefficient (Wildman–Crippen LogP) is 3.85. The molecule has 6 heteroatoms. The molecule has 0 aliphatic carbocycles. The van der Waals surface area contributed by atoms with Gasteiger partial charge in [-0.2, -0.15) is 10.2 Å². The van der Waals surface area contributed by atoms with E-state index in [4.69, 9.17) is 0 Å². The molecule has 0 saturated heterocycles. The minimum Gasteiger partial charge on any atom is -0.273 e. The molecule has 2 N–H and O–H groups in total. The average molecular weight is 427 g/mol. The van der Waals surface area contributed by atoms with E-state index >= 15 is 0 Å². The van der Waals surface area contributed by atoms with Gasteiger partial charge in [-0.25, -0.2) is 10.9 Å². The van der Waals surface area contributed by atoms with Crippen molar-refractivity contribution in [3.05, 3.63) is 107 Å². The Morgan fingerprint density at radius 2 is 0.969 bits per heavy atom. The molecule has 3 rings (SSSR count). The van der Waals surface area contributed by atoms with Gasteiger partial charge in [0.1, 0.15) is 0 Å². The fourth-order valence-corrected chi connectivity index (χ4v) is 2.94. The van der Waals surface area contributed by atoms with Crippen molar-refractivity contribution in [2.75, 3.05) is 0 Å². The predicted molar refractivity (Wildman–Crippen MR) is 127 cm³/mol. The first-order valence-electron chi connectivity index (χ1n) is 10.5. The first-order valence-corrected chi connectivity index (χ1v) is 10.5. The van der Waals surface area contributed by atoms with Crippen molar-refractivity contribution in [2.45, 2.75) is 25.7 Å². The smallest absolute Gasteiger partial charge is 0.240 e. The summed E-state index contributed by atoms with van der Waals surface area (Å²) < 4.78 is 0. The van der Waals surface area contributed by atoms with E-state index in [-0.39, 0.29) is 11.8 Å². The molecule has 0 aromatic heterocycles. The van der Waals surface area contributed by atoms with Crippen molar-refractivity contribution in [2.24, 2.45) is 10.2 Å². The Kier molecular flexibility index (Phi) is 8.90. The Labute approximate surface area is 188 Å². The SMILES string of the molecule is O=C(CCc1ccccc1)NN=Cc1ccc(C=NNC(=O)CCc2ccccc2)cc1. The summed E-state index contributed by atoms with van der Waals surface area (Å²) in [5, 5.41) is 8.00. The van der Waals surface area contributed by atoms with Crippen molar-refractivity contribution < 1.29 is 9.59 Å². The molecule has 0 aliphatic rings. The fourth-order valence-electron chi connectivity index (χ4n) is 2.94. The van der Waals surface area contributed by atoms with Crippen LogP contribution in [0.4, 0.5) is 0 Å². The molecule has 0 aliphatic heterocycles. The molecular formula is C26H26N4O2. The van der Waals surface area contributed by atoms with Gasteiger partial charge in [0.25, 0.3) is 0 Å². The third kappa shape index (κ3) is 8.36. The second-order valence-corrected chi connectivity index (χ2v) is 7.22. The Morgan fingerprint density at radius 1 is 0.594 bits per heavy atom. The Hall–Kier alpha value is -4.06. The standard InChI is InChI=1S/C26H26N4O2/c31-25(17-15-21-7-3-1-4-8-21)29-27-19-23-11-13-24(14-12-23)20-28-30-26(32)18-16-22-9-5-2-6-10-22/h1-14,19-20H,15-18H2,(H,29,31)(H,30,32). The zero-order valence-corrected chi connectivity index (χ0v) is 17.8. The van der Waals surface area contributed by atoms with Gasteiger partial charge in [0, 0.05) is 12.8 Å². The lowest BCUT2D eigenvalue weighted by Gasteiger charge is -2.01. The molecule has 3 aromatic carbocycles. The molecule has 0 saturated carbocycles. The second-order valence-electron chi connectivity index (χ2n) is 7.22. The lowest BCUT2D eigenvalue weighted by molar-refractivity contribution is -0.121. The number of amides is 2. The highest BCUT2D eigenvalue weighted by molar-refractivity contribution is 5.86. The summed E-state index contributed by atoms with van der Waals surface area (Å²) in [7, 11) is 0. The van der Waals surface area contributed by atoms with E-state index in [1.54, 1.807) is 12.4 Å².